The van der Waals surface area contributed by atoms with E-state index in [0.717, 1.165) is 24.8 Å². The number of carbonyl (C=O) groups excluding carboxylic acids is 2. The van der Waals surface area contributed by atoms with Crippen LogP contribution in [0, 0.1) is 0 Å². The predicted molar refractivity (Wildman–Crippen MR) is 186 cm³/mol. The molecule has 0 bridgehead atoms. The first-order valence-corrected chi connectivity index (χ1v) is 17.7. The van der Waals surface area contributed by atoms with Crippen LogP contribution in [0.5, 0.6) is 17.2 Å². The standard InChI is InChI=1S/C35H36ClN3O6S2/c1-4-7-10-19-45-27-18-15-23(20-28(27)44-6-3)30-29(31(40)22-13-16-25(17-14-22)43-5-2)32(41)33(42)39(30)34-37-38-35(47-34)46-21-24-11-8-9-12-26(24)36/h8-9,11-18,20,30,40H,4-7,10,19,21H2,1-3H3. The zero-order valence-corrected chi connectivity index (χ0v) is 28.8. The molecule has 9 nitrogen and oxygen atoms in total. The number of aliphatic hydroxyl groups is 1. The second kappa shape index (κ2) is 16.2. The Bertz CT molecular complexity index is 1740. The third-order valence-corrected chi connectivity index (χ3v) is 9.86. The highest BCUT2D eigenvalue weighted by atomic mass is 35.5. The summed E-state index contributed by atoms with van der Waals surface area (Å²) in [5.41, 5.74) is 1.78. The van der Waals surface area contributed by atoms with Gasteiger partial charge in [0, 0.05) is 16.3 Å². The minimum Gasteiger partial charge on any atom is -0.507 e. The Balaban J connectivity index is 1.55. The van der Waals surface area contributed by atoms with Crippen molar-refractivity contribution >= 4 is 57.3 Å². The number of nitrogens with zero attached hydrogens (tertiary/aromatic N) is 3. The van der Waals surface area contributed by atoms with Gasteiger partial charge in [-0.3, -0.25) is 14.5 Å². The second-order valence-corrected chi connectivity index (χ2v) is 13.1. The molecule has 1 aliphatic rings. The van der Waals surface area contributed by atoms with Gasteiger partial charge in [0.25, 0.3) is 5.78 Å². The number of Topliss-reactive ketones (excluding diaryl/α,β-unsaturated/α-hetero) is 1. The molecule has 1 saturated heterocycles. The van der Waals surface area contributed by atoms with E-state index in [0.29, 0.717) is 63.3 Å². The first-order chi connectivity index (χ1) is 22.9. The third kappa shape index (κ3) is 7.91. The number of ketones is 1. The normalized spacial score (nSPS) is 15.7. The Hall–Kier alpha value is -4.06. The minimum atomic E-state index is -1.01. The van der Waals surface area contributed by atoms with Crippen molar-refractivity contribution in [2.45, 2.75) is 56.2 Å². The molecule has 1 unspecified atom stereocenters. The van der Waals surface area contributed by atoms with Gasteiger partial charge >= 0.3 is 5.91 Å². The zero-order chi connectivity index (χ0) is 33.3. The number of carbonyl (C=O) groups is 2. The molecule has 4 aromatic rings. The summed E-state index contributed by atoms with van der Waals surface area (Å²) in [5, 5.41) is 21.1. The van der Waals surface area contributed by atoms with Crippen molar-refractivity contribution in [1.29, 1.82) is 0 Å². The molecule has 0 saturated carbocycles. The lowest BCUT2D eigenvalue weighted by Gasteiger charge is -2.23. The van der Waals surface area contributed by atoms with Gasteiger partial charge in [0.05, 0.1) is 31.4 Å². The van der Waals surface area contributed by atoms with Crippen LogP contribution in [0.1, 0.15) is 62.8 Å². The number of unbranched alkanes of at least 4 members (excludes halogenated alkanes) is 2. The second-order valence-electron chi connectivity index (χ2n) is 10.6. The summed E-state index contributed by atoms with van der Waals surface area (Å²) in [6.45, 7) is 7.27. The zero-order valence-electron chi connectivity index (χ0n) is 26.4. The summed E-state index contributed by atoms with van der Waals surface area (Å²) >= 11 is 8.95. The molecule has 3 aromatic carbocycles. The fourth-order valence-electron chi connectivity index (χ4n) is 5.11. The number of hydrogen-bond acceptors (Lipinski definition) is 10. The maximum absolute atomic E-state index is 13.8. The van der Waals surface area contributed by atoms with E-state index < -0.39 is 17.7 Å². The van der Waals surface area contributed by atoms with Crippen molar-refractivity contribution in [3.05, 3.63) is 94.0 Å². The molecule has 0 radical (unpaired) electrons. The summed E-state index contributed by atoms with van der Waals surface area (Å²) < 4.78 is 18.1. The van der Waals surface area contributed by atoms with Gasteiger partial charge in [-0.15, -0.1) is 10.2 Å². The van der Waals surface area contributed by atoms with E-state index in [2.05, 4.69) is 17.1 Å². The molecular weight excluding hydrogens is 658 g/mol. The van der Waals surface area contributed by atoms with Crippen molar-refractivity contribution in [2.75, 3.05) is 24.7 Å². The van der Waals surface area contributed by atoms with Crippen LogP contribution in [0.2, 0.25) is 5.02 Å². The average molecular weight is 694 g/mol. The lowest BCUT2D eigenvalue weighted by Crippen LogP contribution is -2.29. The van der Waals surface area contributed by atoms with Gasteiger partial charge < -0.3 is 19.3 Å². The van der Waals surface area contributed by atoms with Gasteiger partial charge in [0.15, 0.2) is 15.8 Å². The lowest BCUT2D eigenvalue weighted by molar-refractivity contribution is -0.132. The number of rotatable bonds is 15. The Morgan fingerprint density at radius 1 is 0.936 bits per heavy atom. The summed E-state index contributed by atoms with van der Waals surface area (Å²) in [5.74, 6) is 0.234. The van der Waals surface area contributed by atoms with Crippen molar-refractivity contribution in [3.8, 4) is 17.2 Å². The van der Waals surface area contributed by atoms with Gasteiger partial charge in [0.1, 0.15) is 11.5 Å². The van der Waals surface area contributed by atoms with Crippen LogP contribution >= 0.6 is 34.7 Å². The number of aromatic nitrogens is 2. The van der Waals surface area contributed by atoms with Gasteiger partial charge in [-0.1, -0.05) is 78.7 Å². The van der Waals surface area contributed by atoms with Gasteiger partial charge in [-0.2, -0.15) is 0 Å². The van der Waals surface area contributed by atoms with Crippen LogP contribution in [0.4, 0.5) is 5.13 Å². The molecule has 12 heteroatoms. The van der Waals surface area contributed by atoms with E-state index in [9.17, 15) is 14.7 Å². The highest BCUT2D eigenvalue weighted by molar-refractivity contribution is 8.00. The van der Waals surface area contributed by atoms with E-state index >= 15 is 0 Å². The van der Waals surface area contributed by atoms with Crippen LogP contribution in [-0.2, 0) is 15.3 Å². The van der Waals surface area contributed by atoms with Crippen LogP contribution in [0.3, 0.4) is 0 Å². The third-order valence-electron chi connectivity index (χ3n) is 7.38. The Kier molecular flexibility index (Phi) is 11.8. The van der Waals surface area contributed by atoms with Crippen LogP contribution in [0.25, 0.3) is 5.76 Å². The maximum Gasteiger partial charge on any atom is 0.301 e. The largest absolute Gasteiger partial charge is 0.507 e. The number of amides is 1. The molecule has 0 aliphatic carbocycles. The Morgan fingerprint density at radius 3 is 2.43 bits per heavy atom. The maximum atomic E-state index is 13.8. The van der Waals surface area contributed by atoms with E-state index in [4.69, 9.17) is 25.8 Å². The minimum absolute atomic E-state index is 0.0707. The number of halogens is 1. The number of hydrogen-bond donors (Lipinski definition) is 1. The molecule has 2 heterocycles. The summed E-state index contributed by atoms with van der Waals surface area (Å²) in [7, 11) is 0. The molecule has 1 atom stereocenters. The van der Waals surface area contributed by atoms with Gasteiger partial charge in [-0.05, 0) is 73.9 Å². The molecule has 5 rings (SSSR count). The number of anilines is 1. The fourth-order valence-corrected chi connectivity index (χ4v) is 7.26. The van der Waals surface area contributed by atoms with Crippen LogP contribution < -0.4 is 19.1 Å². The van der Waals surface area contributed by atoms with E-state index in [1.54, 1.807) is 42.5 Å². The molecule has 1 amide bonds. The summed E-state index contributed by atoms with van der Waals surface area (Å²) in [6, 6.07) is 18.5. The quantitative estimate of drug-likeness (QED) is 0.0327. The number of ether oxygens (including phenoxy) is 3. The molecule has 1 N–H and O–H groups in total. The van der Waals surface area contributed by atoms with Crippen molar-refractivity contribution in [1.82, 2.24) is 10.2 Å². The molecular formula is C35H36ClN3O6S2. The van der Waals surface area contributed by atoms with Gasteiger partial charge in [-0.25, -0.2) is 0 Å². The predicted octanol–water partition coefficient (Wildman–Crippen LogP) is 8.48. The smallest absolute Gasteiger partial charge is 0.301 e. The van der Waals surface area contributed by atoms with Crippen molar-refractivity contribution in [2.24, 2.45) is 0 Å². The highest BCUT2D eigenvalue weighted by Gasteiger charge is 2.48. The fraction of sp³-hybridized carbons (Fsp3) is 0.314. The lowest BCUT2D eigenvalue weighted by atomic mass is 9.95. The number of aliphatic hydroxyl groups excluding tert-OH is 1. The summed E-state index contributed by atoms with van der Waals surface area (Å²) in [4.78, 5) is 28.8. The first-order valence-electron chi connectivity index (χ1n) is 15.5. The highest BCUT2D eigenvalue weighted by Crippen LogP contribution is 2.46. The van der Waals surface area contributed by atoms with E-state index in [1.165, 1.54) is 28.0 Å². The average Bonchev–Trinajstić information content (AvgIpc) is 3.65. The van der Waals surface area contributed by atoms with Crippen molar-refractivity contribution < 1.29 is 28.9 Å². The monoisotopic (exact) mass is 693 g/mol. The Labute approximate surface area is 287 Å². The topological polar surface area (TPSA) is 111 Å². The summed E-state index contributed by atoms with van der Waals surface area (Å²) in [6.07, 6.45) is 3.02. The van der Waals surface area contributed by atoms with E-state index in [1.807, 2.05) is 38.1 Å². The van der Waals surface area contributed by atoms with Crippen molar-refractivity contribution in [3.63, 3.8) is 0 Å². The van der Waals surface area contributed by atoms with Crippen LogP contribution in [-0.4, -0.2) is 46.8 Å². The molecule has 0 spiro atoms. The SMILES string of the molecule is CCCCCOc1ccc(C2C(=C(O)c3ccc(OCC)cc3)C(=O)C(=O)N2c2nnc(SCc3ccccc3Cl)s2)cc1OCC. The molecule has 1 fully saturated rings. The number of benzene rings is 3. The van der Waals surface area contributed by atoms with E-state index in [-0.39, 0.29) is 16.5 Å². The van der Waals surface area contributed by atoms with Gasteiger partial charge in [0.2, 0.25) is 5.13 Å². The molecule has 1 aliphatic heterocycles. The number of thioether (sulfide) groups is 1. The van der Waals surface area contributed by atoms with Crippen LogP contribution in [0.15, 0.2) is 76.6 Å². The molecule has 1 aromatic heterocycles. The first kappa shape index (κ1) is 34.3. The Morgan fingerprint density at radius 2 is 1.70 bits per heavy atom. The molecule has 246 valence electrons. The molecule has 47 heavy (non-hydrogen) atoms.